The maximum atomic E-state index is 12.0. The van der Waals surface area contributed by atoms with Gasteiger partial charge in [0.2, 0.25) is 5.91 Å². The molecular weight excluding hydrogens is 413 g/mol. The van der Waals surface area contributed by atoms with Gasteiger partial charge in [-0.3, -0.25) is 4.79 Å². The Morgan fingerprint density at radius 1 is 1.41 bits per heavy atom. The van der Waals surface area contributed by atoms with Crippen molar-refractivity contribution in [1.82, 2.24) is 20.5 Å². The van der Waals surface area contributed by atoms with Gasteiger partial charge in [0.25, 0.3) is 0 Å². The van der Waals surface area contributed by atoms with Crippen LogP contribution in [-0.2, 0) is 11.3 Å². The highest BCUT2D eigenvalue weighted by molar-refractivity contribution is 14.0. The first-order valence-electron chi connectivity index (χ1n) is 7.39. The molecule has 0 saturated carbocycles. The Hall–Kier alpha value is -0.900. The van der Waals surface area contributed by atoms with Gasteiger partial charge in [-0.05, 0) is 26.7 Å². The highest BCUT2D eigenvalue weighted by Gasteiger charge is 2.17. The SMILES string of the molecule is CCNC(=NCC(=O)N1CCCC1)NCc1scnc1C.I. The van der Waals surface area contributed by atoms with E-state index in [4.69, 9.17) is 0 Å². The zero-order valence-electron chi connectivity index (χ0n) is 13.1. The molecule has 1 aliphatic rings. The van der Waals surface area contributed by atoms with E-state index >= 15 is 0 Å². The number of likely N-dealkylation sites (tertiary alicyclic amines) is 1. The van der Waals surface area contributed by atoms with Gasteiger partial charge in [0.05, 0.1) is 17.7 Å². The smallest absolute Gasteiger partial charge is 0.244 e. The summed E-state index contributed by atoms with van der Waals surface area (Å²) in [5.74, 6) is 0.788. The first-order valence-corrected chi connectivity index (χ1v) is 8.27. The van der Waals surface area contributed by atoms with E-state index in [0.717, 1.165) is 38.2 Å². The lowest BCUT2D eigenvalue weighted by molar-refractivity contribution is -0.128. The minimum atomic E-state index is 0. The fourth-order valence-electron chi connectivity index (χ4n) is 2.21. The van der Waals surface area contributed by atoms with E-state index in [-0.39, 0.29) is 36.4 Å². The molecule has 6 nitrogen and oxygen atoms in total. The first-order chi connectivity index (χ1) is 10.2. The van der Waals surface area contributed by atoms with Crippen LogP contribution in [0.25, 0.3) is 0 Å². The van der Waals surface area contributed by atoms with Gasteiger partial charge in [0, 0.05) is 24.5 Å². The average molecular weight is 437 g/mol. The third-order valence-corrected chi connectivity index (χ3v) is 4.37. The molecule has 1 amide bonds. The molecule has 1 aromatic rings. The molecule has 0 aromatic carbocycles. The Labute approximate surface area is 152 Å². The second-order valence-corrected chi connectivity index (χ2v) is 5.94. The Bertz CT molecular complexity index is 499. The maximum Gasteiger partial charge on any atom is 0.244 e. The summed E-state index contributed by atoms with van der Waals surface area (Å²) in [5, 5.41) is 6.41. The van der Waals surface area contributed by atoms with E-state index in [1.807, 2.05) is 24.3 Å². The number of aliphatic imine (C=N–C) groups is 1. The number of carbonyl (C=O) groups excluding carboxylic acids is 1. The molecule has 2 heterocycles. The Kier molecular flexibility index (Phi) is 8.69. The van der Waals surface area contributed by atoms with Crippen LogP contribution in [0.5, 0.6) is 0 Å². The van der Waals surface area contributed by atoms with E-state index in [1.54, 1.807) is 11.3 Å². The maximum absolute atomic E-state index is 12.0. The van der Waals surface area contributed by atoms with Crippen LogP contribution in [0.3, 0.4) is 0 Å². The molecule has 2 rings (SSSR count). The number of guanidine groups is 1. The Balaban J connectivity index is 0.00000242. The van der Waals surface area contributed by atoms with Gasteiger partial charge in [-0.2, -0.15) is 0 Å². The lowest BCUT2D eigenvalue weighted by atomic mass is 10.4. The number of aromatic nitrogens is 1. The number of nitrogens with zero attached hydrogens (tertiary/aromatic N) is 3. The van der Waals surface area contributed by atoms with Crippen molar-refractivity contribution >= 4 is 47.2 Å². The molecule has 22 heavy (non-hydrogen) atoms. The van der Waals surface area contributed by atoms with E-state index < -0.39 is 0 Å². The molecule has 0 spiro atoms. The van der Waals surface area contributed by atoms with Crippen LogP contribution >= 0.6 is 35.3 Å². The molecule has 1 aromatic heterocycles. The van der Waals surface area contributed by atoms with Crippen molar-refractivity contribution in [2.24, 2.45) is 4.99 Å². The van der Waals surface area contributed by atoms with Crippen molar-refractivity contribution in [3.05, 3.63) is 16.1 Å². The zero-order valence-corrected chi connectivity index (χ0v) is 16.2. The van der Waals surface area contributed by atoms with Crippen LogP contribution in [0.2, 0.25) is 0 Å². The molecule has 1 aliphatic heterocycles. The van der Waals surface area contributed by atoms with Crippen molar-refractivity contribution in [3.8, 4) is 0 Å². The summed E-state index contributed by atoms with van der Waals surface area (Å²) >= 11 is 1.62. The standard InChI is InChI=1S/C14H23N5OS.HI/c1-3-15-14(16-8-12-11(2)18-10-21-12)17-9-13(20)19-6-4-5-7-19;/h10H,3-9H2,1-2H3,(H2,15,16,17);1H. The number of thiazole rings is 1. The molecule has 0 unspecified atom stereocenters. The molecular formula is C14H24IN5OS. The predicted octanol–water partition coefficient (Wildman–Crippen LogP) is 1.75. The van der Waals surface area contributed by atoms with E-state index in [0.29, 0.717) is 12.5 Å². The third-order valence-electron chi connectivity index (χ3n) is 3.44. The number of halogens is 1. The van der Waals surface area contributed by atoms with Gasteiger partial charge in [0.1, 0.15) is 6.54 Å². The summed E-state index contributed by atoms with van der Waals surface area (Å²) in [7, 11) is 0. The Morgan fingerprint density at radius 3 is 2.73 bits per heavy atom. The second kappa shape index (κ2) is 9.98. The molecule has 0 bridgehead atoms. The number of aryl methyl sites for hydroxylation is 1. The molecule has 0 atom stereocenters. The monoisotopic (exact) mass is 437 g/mol. The third kappa shape index (κ3) is 5.71. The summed E-state index contributed by atoms with van der Waals surface area (Å²) in [6, 6.07) is 0. The van der Waals surface area contributed by atoms with Crippen LogP contribution in [0.4, 0.5) is 0 Å². The normalized spacial score (nSPS) is 14.6. The number of nitrogens with one attached hydrogen (secondary N) is 2. The van der Waals surface area contributed by atoms with Crippen LogP contribution in [-0.4, -0.2) is 47.9 Å². The summed E-state index contributed by atoms with van der Waals surface area (Å²) in [5.41, 5.74) is 2.88. The van der Waals surface area contributed by atoms with Gasteiger partial charge >= 0.3 is 0 Å². The number of rotatable bonds is 5. The first kappa shape index (κ1) is 19.1. The lowest BCUT2D eigenvalue weighted by Gasteiger charge is -2.15. The number of amides is 1. The van der Waals surface area contributed by atoms with Crippen molar-refractivity contribution in [2.45, 2.75) is 33.2 Å². The molecule has 0 aliphatic carbocycles. The van der Waals surface area contributed by atoms with Crippen molar-refractivity contribution in [3.63, 3.8) is 0 Å². The summed E-state index contributed by atoms with van der Waals surface area (Å²) in [6.07, 6.45) is 2.22. The molecule has 2 N–H and O–H groups in total. The summed E-state index contributed by atoms with van der Waals surface area (Å²) in [4.78, 5) is 23.7. The Morgan fingerprint density at radius 2 is 2.14 bits per heavy atom. The average Bonchev–Trinajstić information content (AvgIpc) is 3.13. The number of hydrogen-bond donors (Lipinski definition) is 2. The fraction of sp³-hybridized carbons (Fsp3) is 0.643. The fourth-order valence-corrected chi connectivity index (χ4v) is 2.93. The van der Waals surface area contributed by atoms with E-state index in [9.17, 15) is 4.79 Å². The lowest BCUT2D eigenvalue weighted by Crippen LogP contribution is -2.38. The summed E-state index contributed by atoms with van der Waals surface area (Å²) in [6.45, 7) is 7.41. The van der Waals surface area contributed by atoms with Crippen molar-refractivity contribution in [2.75, 3.05) is 26.2 Å². The van der Waals surface area contributed by atoms with E-state index in [2.05, 4.69) is 20.6 Å². The molecule has 8 heteroatoms. The predicted molar refractivity (Wildman–Crippen MR) is 101 cm³/mol. The van der Waals surface area contributed by atoms with Gasteiger partial charge in [0.15, 0.2) is 5.96 Å². The topological polar surface area (TPSA) is 69.6 Å². The van der Waals surface area contributed by atoms with Gasteiger partial charge in [-0.1, -0.05) is 0 Å². The molecule has 0 radical (unpaired) electrons. The highest BCUT2D eigenvalue weighted by atomic mass is 127. The van der Waals surface area contributed by atoms with Gasteiger partial charge < -0.3 is 15.5 Å². The van der Waals surface area contributed by atoms with Gasteiger partial charge in [-0.25, -0.2) is 9.98 Å². The largest absolute Gasteiger partial charge is 0.357 e. The van der Waals surface area contributed by atoms with Crippen molar-refractivity contribution < 1.29 is 4.79 Å². The molecule has 1 fully saturated rings. The van der Waals surface area contributed by atoms with Gasteiger partial charge in [-0.15, -0.1) is 35.3 Å². The van der Waals surface area contributed by atoms with Crippen molar-refractivity contribution in [1.29, 1.82) is 0 Å². The second-order valence-electron chi connectivity index (χ2n) is 5.00. The number of carbonyl (C=O) groups is 1. The van der Waals surface area contributed by atoms with E-state index in [1.165, 1.54) is 4.88 Å². The molecule has 1 saturated heterocycles. The van der Waals surface area contributed by atoms with Crippen LogP contribution in [0.1, 0.15) is 30.3 Å². The minimum Gasteiger partial charge on any atom is -0.357 e. The zero-order chi connectivity index (χ0) is 15.1. The number of hydrogen-bond acceptors (Lipinski definition) is 4. The quantitative estimate of drug-likeness (QED) is 0.419. The van der Waals surface area contributed by atoms with Crippen LogP contribution in [0, 0.1) is 6.92 Å². The summed E-state index contributed by atoms with van der Waals surface area (Å²) < 4.78 is 0. The minimum absolute atomic E-state index is 0. The molecule has 124 valence electrons. The van der Waals surface area contributed by atoms with Crippen LogP contribution in [0.15, 0.2) is 10.5 Å². The highest BCUT2D eigenvalue weighted by Crippen LogP contribution is 2.11. The van der Waals surface area contributed by atoms with Crippen LogP contribution < -0.4 is 10.6 Å².